The zero-order valence-electron chi connectivity index (χ0n) is 16.6. The maximum atomic E-state index is 12.7. The summed E-state index contributed by atoms with van der Waals surface area (Å²) in [6.07, 6.45) is 0.842. The first-order chi connectivity index (χ1) is 12.8. The van der Waals surface area contributed by atoms with Crippen LogP contribution in [0.4, 0.5) is 0 Å². The first-order valence-corrected chi connectivity index (χ1v) is 9.34. The maximum Gasteiger partial charge on any atom is 0.323 e. The average Bonchev–Trinajstić information content (AvgIpc) is 2.85. The van der Waals surface area contributed by atoms with Gasteiger partial charge in [-0.3, -0.25) is 14.3 Å². The molecule has 0 radical (unpaired) electrons. The molecule has 146 valence electrons. The number of carboxylic acids is 1. The summed E-state index contributed by atoms with van der Waals surface area (Å²) in [6.45, 7) is 9.14. The number of hydrogen-bond donors (Lipinski definition) is 1. The predicted molar refractivity (Wildman–Crippen MR) is 104 cm³/mol. The highest BCUT2D eigenvalue weighted by Crippen LogP contribution is 2.17. The van der Waals surface area contributed by atoms with E-state index in [0.29, 0.717) is 18.9 Å². The molecule has 0 spiro atoms. The van der Waals surface area contributed by atoms with Crippen LogP contribution in [-0.4, -0.2) is 38.2 Å². The van der Waals surface area contributed by atoms with Crippen molar-refractivity contribution in [3.8, 4) is 0 Å². The number of carbonyl (C=O) groups excluding carboxylic acids is 1. The Balaban J connectivity index is 2.07. The van der Waals surface area contributed by atoms with Crippen LogP contribution < -0.4 is 0 Å². The first kappa shape index (κ1) is 20.7. The summed E-state index contributed by atoms with van der Waals surface area (Å²) < 4.78 is 2.00. The van der Waals surface area contributed by atoms with Crippen molar-refractivity contribution >= 4 is 11.9 Å². The van der Waals surface area contributed by atoms with Crippen molar-refractivity contribution in [3.05, 3.63) is 52.8 Å². The summed E-state index contributed by atoms with van der Waals surface area (Å²) in [5.41, 5.74) is 4.03. The van der Waals surface area contributed by atoms with Crippen molar-refractivity contribution in [2.45, 2.75) is 53.6 Å². The summed E-state index contributed by atoms with van der Waals surface area (Å²) >= 11 is 0. The summed E-state index contributed by atoms with van der Waals surface area (Å²) in [6, 6.07) is 9.45. The van der Waals surface area contributed by atoms with Crippen molar-refractivity contribution < 1.29 is 14.7 Å². The Morgan fingerprint density at radius 3 is 2.44 bits per heavy atom. The SMILES string of the molecule is Cc1nn(CC(C)C)c(C)c1CCC(=O)N(CC(=O)O)Cc1ccccc1. The molecule has 1 N–H and O–H groups in total. The predicted octanol–water partition coefficient (Wildman–Crippen LogP) is 3.20. The molecule has 0 saturated heterocycles. The largest absolute Gasteiger partial charge is 0.480 e. The van der Waals surface area contributed by atoms with Crippen LogP contribution in [0.2, 0.25) is 0 Å². The number of benzene rings is 1. The molecule has 0 aliphatic rings. The Bertz CT molecular complexity index is 781. The molecule has 1 amide bonds. The Hall–Kier alpha value is -2.63. The van der Waals surface area contributed by atoms with E-state index in [0.717, 1.165) is 29.1 Å². The molecule has 0 atom stereocenters. The fourth-order valence-corrected chi connectivity index (χ4v) is 3.21. The maximum absolute atomic E-state index is 12.7. The molecule has 0 fully saturated rings. The third-order valence-electron chi connectivity index (χ3n) is 4.55. The fraction of sp³-hybridized carbons (Fsp3) is 0.476. The van der Waals surface area contributed by atoms with Gasteiger partial charge in [0.05, 0.1) is 5.69 Å². The molecule has 27 heavy (non-hydrogen) atoms. The lowest BCUT2D eigenvalue weighted by atomic mass is 10.1. The van der Waals surface area contributed by atoms with Crippen molar-refractivity contribution in [3.63, 3.8) is 0 Å². The van der Waals surface area contributed by atoms with Gasteiger partial charge in [-0.25, -0.2) is 0 Å². The lowest BCUT2D eigenvalue weighted by molar-refractivity contribution is -0.144. The van der Waals surface area contributed by atoms with E-state index >= 15 is 0 Å². The number of nitrogens with zero attached hydrogens (tertiary/aromatic N) is 3. The second-order valence-electron chi connectivity index (χ2n) is 7.35. The minimum Gasteiger partial charge on any atom is -0.480 e. The Morgan fingerprint density at radius 1 is 1.19 bits per heavy atom. The molecule has 0 saturated carbocycles. The number of aliphatic carboxylic acids is 1. The summed E-state index contributed by atoms with van der Waals surface area (Å²) in [5, 5.41) is 13.8. The Labute approximate surface area is 160 Å². The number of carbonyl (C=O) groups is 2. The van der Waals surface area contributed by atoms with Gasteiger partial charge in [-0.2, -0.15) is 5.10 Å². The highest BCUT2D eigenvalue weighted by molar-refractivity contribution is 5.81. The van der Waals surface area contributed by atoms with Gasteiger partial charge >= 0.3 is 5.97 Å². The van der Waals surface area contributed by atoms with Crippen LogP contribution in [0.1, 0.15) is 42.8 Å². The number of aromatic nitrogens is 2. The molecule has 6 nitrogen and oxygen atoms in total. The highest BCUT2D eigenvalue weighted by Gasteiger charge is 2.19. The molecule has 0 aliphatic carbocycles. The van der Waals surface area contributed by atoms with Crippen molar-refractivity contribution in [1.82, 2.24) is 14.7 Å². The quantitative estimate of drug-likeness (QED) is 0.734. The molecule has 1 aromatic heterocycles. The van der Waals surface area contributed by atoms with Gasteiger partial charge in [0.1, 0.15) is 6.54 Å². The van der Waals surface area contributed by atoms with Crippen molar-refractivity contribution in [1.29, 1.82) is 0 Å². The minimum absolute atomic E-state index is 0.156. The van der Waals surface area contributed by atoms with Crippen LogP contribution >= 0.6 is 0 Å². The van der Waals surface area contributed by atoms with E-state index in [1.54, 1.807) is 0 Å². The minimum atomic E-state index is -1.00. The molecule has 0 aliphatic heterocycles. The second kappa shape index (κ2) is 9.35. The standard InChI is InChI=1S/C21H29N3O3/c1-15(2)12-24-17(4)19(16(3)22-24)10-11-20(25)23(14-21(26)27)13-18-8-6-5-7-9-18/h5-9,15H,10-14H2,1-4H3,(H,26,27). The van der Waals surface area contributed by atoms with Crippen molar-refractivity contribution in [2.75, 3.05) is 6.54 Å². The van der Waals surface area contributed by atoms with E-state index in [9.17, 15) is 9.59 Å². The van der Waals surface area contributed by atoms with Crippen molar-refractivity contribution in [2.24, 2.45) is 5.92 Å². The molecule has 0 bridgehead atoms. The Morgan fingerprint density at radius 2 is 1.85 bits per heavy atom. The number of rotatable bonds is 9. The summed E-state index contributed by atoms with van der Waals surface area (Å²) in [5.74, 6) is -0.664. The van der Waals surface area contributed by atoms with Crippen LogP contribution in [0.15, 0.2) is 30.3 Å². The molecule has 0 unspecified atom stereocenters. The van der Waals surface area contributed by atoms with Crippen LogP contribution in [0.3, 0.4) is 0 Å². The summed E-state index contributed by atoms with van der Waals surface area (Å²) in [7, 11) is 0. The summed E-state index contributed by atoms with van der Waals surface area (Å²) in [4.78, 5) is 25.3. The third-order valence-corrected chi connectivity index (χ3v) is 4.55. The van der Waals surface area contributed by atoms with E-state index in [1.165, 1.54) is 4.90 Å². The average molecular weight is 371 g/mol. The highest BCUT2D eigenvalue weighted by atomic mass is 16.4. The zero-order valence-corrected chi connectivity index (χ0v) is 16.6. The number of carboxylic acid groups (broad SMARTS) is 1. The van der Waals surface area contributed by atoms with Gasteiger partial charge in [0.15, 0.2) is 0 Å². The fourth-order valence-electron chi connectivity index (χ4n) is 3.21. The van der Waals surface area contributed by atoms with Crippen LogP contribution in [-0.2, 0) is 29.1 Å². The molecule has 1 aromatic carbocycles. The zero-order chi connectivity index (χ0) is 20.0. The third kappa shape index (κ3) is 5.94. The van der Waals surface area contributed by atoms with Gasteiger partial charge in [-0.15, -0.1) is 0 Å². The van der Waals surface area contributed by atoms with Gasteiger partial charge in [-0.1, -0.05) is 44.2 Å². The van der Waals surface area contributed by atoms with E-state index in [-0.39, 0.29) is 18.9 Å². The van der Waals surface area contributed by atoms with E-state index in [4.69, 9.17) is 5.11 Å². The second-order valence-corrected chi connectivity index (χ2v) is 7.35. The van der Waals surface area contributed by atoms with Crippen LogP contribution in [0.25, 0.3) is 0 Å². The molecular formula is C21H29N3O3. The van der Waals surface area contributed by atoms with Gasteiger partial charge in [0.2, 0.25) is 5.91 Å². The number of aryl methyl sites for hydroxylation is 1. The van der Waals surface area contributed by atoms with E-state index in [2.05, 4.69) is 18.9 Å². The molecule has 2 aromatic rings. The van der Waals surface area contributed by atoms with E-state index in [1.807, 2.05) is 48.9 Å². The number of amides is 1. The van der Waals surface area contributed by atoms with Gasteiger partial charge in [0, 0.05) is 25.2 Å². The molecular weight excluding hydrogens is 342 g/mol. The molecule has 2 rings (SSSR count). The monoisotopic (exact) mass is 371 g/mol. The van der Waals surface area contributed by atoms with Gasteiger partial charge in [0.25, 0.3) is 0 Å². The lowest BCUT2D eigenvalue weighted by Gasteiger charge is -2.21. The topological polar surface area (TPSA) is 75.4 Å². The van der Waals surface area contributed by atoms with Crippen LogP contribution in [0.5, 0.6) is 0 Å². The normalized spacial score (nSPS) is 11.0. The first-order valence-electron chi connectivity index (χ1n) is 9.34. The van der Waals surface area contributed by atoms with Gasteiger partial charge in [-0.05, 0) is 37.3 Å². The smallest absolute Gasteiger partial charge is 0.323 e. The van der Waals surface area contributed by atoms with E-state index < -0.39 is 5.97 Å². The Kier molecular flexibility index (Phi) is 7.16. The molecule has 6 heteroatoms. The molecule has 1 heterocycles. The lowest BCUT2D eigenvalue weighted by Crippen LogP contribution is -2.35. The van der Waals surface area contributed by atoms with Crippen LogP contribution in [0, 0.1) is 19.8 Å². The van der Waals surface area contributed by atoms with Gasteiger partial charge < -0.3 is 10.0 Å². The number of hydrogen-bond acceptors (Lipinski definition) is 3.